The van der Waals surface area contributed by atoms with Crippen molar-refractivity contribution in [2.45, 2.75) is 97.4 Å². The molecule has 0 aliphatic heterocycles. The van der Waals surface area contributed by atoms with E-state index in [2.05, 4.69) is 26.1 Å². The van der Waals surface area contributed by atoms with Crippen LogP contribution in [0.5, 0.6) is 0 Å². The molecule has 33 heavy (non-hydrogen) atoms. The molecule has 0 spiro atoms. The number of hydrogen-bond donors (Lipinski definition) is 3. The summed E-state index contributed by atoms with van der Waals surface area (Å²) in [5.41, 5.74) is -0.336. The van der Waals surface area contributed by atoms with Crippen LogP contribution in [0.2, 0.25) is 0 Å². The van der Waals surface area contributed by atoms with Crippen molar-refractivity contribution < 1.29 is 28.4 Å². The van der Waals surface area contributed by atoms with Crippen molar-refractivity contribution in [1.82, 2.24) is 5.32 Å². The molecule has 0 aromatic rings. The van der Waals surface area contributed by atoms with Gasteiger partial charge >= 0.3 is 0 Å². The average molecular weight is 488 g/mol. The summed E-state index contributed by atoms with van der Waals surface area (Å²) in [6.07, 6.45) is 1.58. The highest BCUT2D eigenvalue weighted by Gasteiger charge is 2.60. The van der Waals surface area contributed by atoms with Gasteiger partial charge in [-0.1, -0.05) is 20.8 Å². The van der Waals surface area contributed by atoms with Crippen LogP contribution >= 0.6 is 0 Å². The third-order valence-electron chi connectivity index (χ3n) is 10.2. The number of hydrogen-bond acceptors (Lipinski definition) is 4. The molecular formula is C26H45NO5S. The standard InChI is InChI=1S/C26H45NO5S/c1-17(4-9-24(29)27-14-15-33(30,31)32)21-7-8-22-20-6-5-18-16-19(28)10-12-25(18,2)23(20)11-13-26(21,22)3/h17-23,28H,4-16H2,1-3H3,(H,27,29)(H,30,31,32)/t17-,18-,19-,20+,21-,22+,23+,25+,26-/m1/s1/i10D2,16D2. The molecule has 0 aromatic carbocycles. The number of fused-ring (bicyclic) bond motifs is 5. The molecule has 6 nitrogen and oxygen atoms in total. The highest BCUT2D eigenvalue weighted by molar-refractivity contribution is 7.85. The summed E-state index contributed by atoms with van der Waals surface area (Å²) in [7, 11) is -4.09. The Bertz CT molecular complexity index is 993. The average Bonchev–Trinajstić information content (AvgIpc) is 3.12. The summed E-state index contributed by atoms with van der Waals surface area (Å²) < 4.78 is 64.8. The molecule has 0 saturated heterocycles. The van der Waals surface area contributed by atoms with Gasteiger partial charge in [0.2, 0.25) is 5.91 Å². The van der Waals surface area contributed by atoms with Crippen LogP contribution in [0.4, 0.5) is 0 Å². The molecule has 4 aliphatic rings. The van der Waals surface area contributed by atoms with Crippen molar-refractivity contribution in [2.24, 2.45) is 46.3 Å². The second-order valence-electron chi connectivity index (χ2n) is 11.8. The summed E-state index contributed by atoms with van der Waals surface area (Å²) in [5.74, 6) is 0.977. The number of carbonyl (C=O) groups is 1. The predicted octanol–water partition coefficient (Wildman–Crippen LogP) is 4.43. The van der Waals surface area contributed by atoms with Crippen molar-refractivity contribution in [2.75, 3.05) is 12.3 Å². The van der Waals surface area contributed by atoms with Crippen LogP contribution in [0.15, 0.2) is 0 Å². The minimum Gasteiger partial charge on any atom is -0.393 e. The summed E-state index contributed by atoms with van der Waals surface area (Å²) in [4.78, 5) is 12.2. The second-order valence-corrected chi connectivity index (χ2v) is 13.4. The molecule has 4 fully saturated rings. The van der Waals surface area contributed by atoms with E-state index in [4.69, 9.17) is 10.0 Å². The number of aliphatic hydroxyl groups excluding tert-OH is 1. The van der Waals surface area contributed by atoms with E-state index >= 15 is 0 Å². The van der Waals surface area contributed by atoms with Crippen LogP contribution in [-0.2, 0) is 14.9 Å². The van der Waals surface area contributed by atoms with Gasteiger partial charge in [0.1, 0.15) is 0 Å². The van der Waals surface area contributed by atoms with Crippen LogP contribution in [-0.4, -0.2) is 42.4 Å². The Labute approximate surface area is 206 Å². The van der Waals surface area contributed by atoms with E-state index in [1.807, 2.05) is 0 Å². The first-order chi connectivity index (χ1) is 16.9. The maximum atomic E-state index is 12.2. The van der Waals surface area contributed by atoms with E-state index in [9.17, 15) is 18.3 Å². The van der Waals surface area contributed by atoms with Crippen LogP contribution in [0, 0.1) is 46.3 Å². The number of aliphatic hydroxyl groups is 1. The largest absolute Gasteiger partial charge is 0.393 e. The molecule has 0 bridgehead atoms. The van der Waals surface area contributed by atoms with Crippen LogP contribution < -0.4 is 5.32 Å². The lowest BCUT2D eigenvalue weighted by Crippen LogP contribution is -2.54. The summed E-state index contributed by atoms with van der Waals surface area (Å²) >= 11 is 0. The zero-order chi connectivity index (χ0) is 27.6. The topological polar surface area (TPSA) is 104 Å². The van der Waals surface area contributed by atoms with E-state index < -0.39 is 40.1 Å². The number of carbonyl (C=O) groups excluding carboxylic acids is 1. The van der Waals surface area contributed by atoms with E-state index in [0.29, 0.717) is 36.5 Å². The van der Waals surface area contributed by atoms with Gasteiger partial charge in [-0.25, -0.2) is 0 Å². The van der Waals surface area contributed by atoms with Gasteiger partial charge in [0.05, 0.1) is 11.9 Å². The van der Waals surface area contributed by atoms with Gasteiger partial charge in [0.15, 0.2) is 0 Å². The first kappa shape index (κ1) is 20.5. The molecule has 3 N–H and O–H groups in total. The lowest BCUT2D eigenvalue weighted by Gasteiger charge is -2.61. The second kappa shape index (κ2) is 9.42. The molecule has 7 heteroatoms. The van der Waals surface area contributed by atoms with Crippen molar-refractivity contribution in [3.8, 4) is 0 Å². The van der Waals surface area contributed by atoms with Crippen molar-refractivity contribution in [3.63, 3.8) is 0 Å². The molecule has 0 heterocycles. The van der Waals surface area contributed by atoms with Gasteiger partial charge in [-0.3, -0.25) is 9.35 Å². The minimum atomic E-state index is -4.09. The normalized spacial score (nSPS) is 48.6. The Morgan fingerprint density at radius 1 is 1.12 bits per heavy atom. The van der Waals surface area contributed by atoms with Gasteiger partial charge in [-0.05, 0) is 110 Å². The Balaban J connectivity index is 1.43. The number of nitrogens with one attached hydrogen (secondary N) is 1. The third kappa shape index (κ3) is 5.02. The molecule has 4 rings (SSSR count). The Morgan fingerprint density at radius 3 is 2.58 bits per heavy atom. The summed E-state index contributed by atoms with van der Waals surface area (Å²) in [6.45, 7) is 6.60. The molecule has 190 valence electrons. The fraction of sp³-hybridized carbons (Fsp3) is 0.962. The Kier molecular flexibility index (Phi) is 5.86. The van der Waals surface area contributed by atoms with Crippen molar-refractivity contribution in [1.29, 1.82) is 0 Å². The van der Waals surface area contributed by atoms with E-state index in [-0.39, 0.29) is 36.1 Å². The predicted molar refractivity (Wildman–Crippen MR) is 129 cm³/mol. The monoisotopic (exact) mass is 487 g/mol. The Morgan fingerprint density at radius 2 is 1.85 bits per heavy atom. The molecule has 0 unspecified atom stereocenters. The van der Waals surface area contributed by atoms with Crippen LogP contribution in [0.25, 0.3) is 0 Å². The third-order valence-corrected chi connectivity index (χ3v) is 10.9. The number of rotatable bonds is 7. The lowest BCUT2D eigenvalue weighted by atomic mass is 9.44. The molecule has 9 atom stereocenters. The molecule has 4 aliphatic carbocycles. The maximum Gasteiger partial charge on any atom is 0.266 e. The minimum absolute atomic E-state index is 0.0923. The van der Waals surface area contributed by atoms with E-state index in [1.54, 1.807) is 0 Å². The zero-order valence-corrected chi connectivity index (χ0v) is 21.2. The molecular weight excluding hydrogens is 438 g/mol. The fourth-order valence-electron chi connectivity index (χ4n) is 8.49. The summed E-state index contributed by atoms with van der Waals surface area (Å²) in [5, 5.41) is 13.1. The fourth-order valence-corrected chi connectivity index (χ4v) is 8.85. The lowest BCUT2D eigenvalue weighted by molar-refractivity contribution is -0.129. The van der Waals surface area contributed by atoms with Gasteiger partial charge in [-0.2, -0.15) is 8.42 Å². The molecule has 0 radical (unpaired) electrons. The van der Waals surface area contributed by atoms with Crippen molar-refractivity contribution in [3.05, 3.63) is 0 Å². The first-order valence-electron chi connectivity index (χ1n) is 14.8. The zero-order valence-electron chi connectivity index (χ0n) is 24.3. The van der Waals surface area contributed by atoms with Crippen molar-refractivity contribution >= 4 is 16.0 Å². The quantitative estimate of drug-likeness (QED) is 0.461. The van der Waals surface area contributed by atoms with Gasteiger partial charge in [-0.15, -0.1) is 0 Å². The Hall–Kier alpha value is -0.660. The highest BCUT2D eigenvalue weighted by Crippen LogP contribution is 2.68. The van der Waals surface area contributed by atoms with Crippen LogP contribution in [0.1, 0.15) is 96.8 Å². The van der Waals surface area contributed by atoms with Gasteiger partial charge < -0.3 is 10.4 Å². The summed E-state index contributed by atoms with van der Waals surface area (Å²) in [6, 6.07) is 0. The van der Waals surface area contributed by atoms with Gasteiger partial charge in [0, 0.05) is 18.4 Å². The van der Waals surface area contributed by atoms with Crippen LogP contribution in [0.3, 0.4) is 0 Å². The first-order valence-corrected chi connectivity index (χ1v) is 14.4. The molecule has 4 saturated carbocycles. The molecule has 1 amide bonds. The highest BCUT2D eigenvalue weighted by atomic mass is 32.2. The number of amides is 1. The smallest absolute Gasteiger partial charge is 0.266 e. The van der Waals surface area contributed by atoms with E-state index in [1.165, 1.54) is 0 Å². The molecule has 0 aromatic heterocycles. The van der Waals surface area contributed by atoms with E-state index in [0.717, 1.165) is 38.5 Å². The SMILES string of the molecule is [2H]C1([2H])C[C@@]2(C)[C@H](CC[C@@H]3[C@@H]2CC[C@]2(C)[C@@H]([C@H](C)CCC(=O)NCCS(=O)(=O)O)CC[C@@H]32)C([2H])([2H])[C@@H]1O. The maximum absolute atomic E-state index is 12.2. The van der Waals surface area contributed by atoms with Gasteiger partial charge in [0.25, 0.3) is 10.1 Å².